The van der Waals surface area contributed by atoms with Crippen molar-refractivity contribution in [1.29, 1.82) is 0 Å². The largest absolute Gasteiger partial charge is 0.462 e. The van der Waals surface area contributed by atoms with Crippen molar-refractivity contribution in [2.45, 2.75) is 32.4 Å². The van der Waals surface area contributed by atoms with Crippen molar-refractivity contribution in [3.63, 3.8) is 0 Å². The Morgan fingerprint density at radius 2 is 1.83 bits per heavy atom. The third-order valence-electron chi connectivity index (χ3n) is 6.50. The van der Waals surface area contributed by atoms with E-state index in [0.29, 0.717) is 15.2 Å². The number of urea groups is 1. The zero-order valence-corrected chi connectivity index (χ0v) is 25.4. The van der Waals surface area contributed by atoms with Crippen LogP contribution in [0.1, 0.15) is 30.6 Å². The molecule has 0 radical (unpaired) electrons. The number of pyridine rings is 1. The van der Waals surface area contributed by atoms with Crippen LogP contribution in [0.25, 0.3) is 5.69 Å². The minimum Gasteiger partial charge on any atom is -0.462 e. The van der Waals surface area contributed by atoms with E-state index >= 15 is 4.39 Å². The van der Waals surface area contributed by atoms with Gasteiger partial charge in [-0.15, -0.1) is 0 Å². The van der Waals surface area contributed by atoms with Gasteiger partial charge in [0.05, 0.1) is 24.1 Å². The summed E-state index contributed by atoms with van der Waals surface area (Å²) in [5.41, 5.74) is -0.442. The van der Waals surface area contributed by atoms with Crippen LogP contribution in [-0.4, -0.2) is 59.8 Å². The number of rotatable bonds is 8. The minimum atomic E-state index is -0.937. The zero-order valence-electron chi connectivity index (χ0n) is 23.0. The maximum absolute atomic E-state index is 15.2. The van der Waals surface area contributed by atoms with Gasteiger partial charge in [0.25, 0.3) is 5.56 Å². The Labute approximate surface area is 254 Å². The first-order chi connectivity index (χ1) is 20.0. The smallest absolute Gasteiger partial charge is 0.343 e. The summed E-state index contributed by atoms with van der Waals surface area (Å²) in [6, 6.07) is 10.2. The summed E-state index contributed by atoms with van der Waals surface area (Å²) < 4.78 is 27.3. The molecular weight excluding hydrogens is 635 g/mol. The molecule has 0 bridgehead atoms. The summed E-state index contributed by atoms with van der Waals surface area (Å²) in [4.78, 5) is 53.1. The van der Waals surface area contributed by atoms with Crippen LogP contribution in [0.15, 0.2) is 64.0 Å². The number of nitrogens with zero attached hydrogens (tertiary/aromatic N) is 2. The molecule has 2 atom stereocenters. The molecule has 3 amide bonds. The van der Waals surface area contributed by atoms with Gasteiger partial charge in [-0.2, -0.15) is 0 Å². The van der Waals surface area contributed by atoms with E-state index in [1.165, 1.54) is 36.4 Å². The zero-order chi connectivity index (χ0) is 30.6. The summed E-state index contributed by atoms with van der Waals surface area (Å²) in [7, 11) is 1.48. The number of aromatic nitrogens is 1. The van der Waals surface area contributed by atoms with Crippen LogP contribution in [0.5, 0.6) is 0 Å². The fourth-order valence-corrected chi connectivity index (χ4v) is 4.91. The van der Waals surface area contributed by atoms with Crippen molar-refractivity contribution >= 4 is 56.8 Å². The van der Waals surface area contributed by atoms with Gasteiger partial charge in [0.1, 0.15) is 17.4 Å². The number of ether oxygens (including phenoxy) is 2. The molecule has 0 spiro atoms. The van der Waals surface area contributed by atoms with Gasteiger partial charge in [0.15, 0.2) is 0 Å². The molecule has 2 aromatic carbocycles. The van der Waals surface area contributed by atoms with Crippen molar-refractivity contribution in [3.8, 4) is 5.69 Å². The van der Waals surface area contributed by atoms with Gasteiger partial charge < -0.3 is 25.0 Å². The highest BCUT2D eigenvalue weighted by molar-refractivity contribution is 9.10. The number of carbonyl (C=O) groups excluding carboxylic acids is 3. The maximum Gasteiger partial charge on any atom is 0.343 e. The monoisotopic (exact) mass is 662 g/mol. The maximum atomic E-state index is 15.2. The molecule has 1 saturated heterocycles. The van der Waals surface area contributed by atoms with Gasteiger partial charge in [0, 0.05) is 47.5 Å². The van der Waals surface area contributed by atoms with Gasteiger partial charge in [-0.1, -0.05) is 25.4 Å². The number of methoxy groups -OCH3 is 1. The highest BCUT2D eigenvalue weighted by Crippen LogP contribution is 2.25. The Balaban J connectivity index is 1.52. The summed E-state index contributed by atoms with van der Waals surface area (Å²) in [5.74, 6) is -2.14. The number of anilines is 2. The van der Waals surface area contributed by atoms with E-state index in [1.807, 2.05) is 13.8 Å². The van der Waals surface area contributed by atoms with Crippen LogP contribution in [0.4, 0.5) is 20.6 Å². The summed E-state index contributed by atoms with van der Waals surface area (Å²) >= 11 is 9.18. The Morgan fingerprint density at radius 3 is 2.48 bits per heavy atom. The number of hydrogen-bond acceptors (Lipinski definition) is 6. The standard InChI is InChI=1S/C29H29BrClFN4O6/c1-16(2)15-42-28(39)22-10-17(30)13-35(27(22)38)20-8-9-24(23(32)11-20)34-26(37)25-12-21(41-3)14-36(25)29(40)33-19-6-4-18(31)5-7-19/h4-11,13,16,21,25H,12,14-15H2,1-3H3,(H,33,40)(H,34,37). The van der Waals surface area contributed by atoms with Crippen LogP contribution in [0.3, 0.4) is 0 Å². The van der Waals surface area contributed by atoms with E-state index in [0.717, 1.165) is 10.6 Å². The van der Waals surface area contributed by atoms with Crippen molar-refractivity contribution < 1.29 is 28.2 Å². The lowest BCUT2D eigenvalue weighted by Gasteiger charge is -2.24. The highest BCUT2D eigenvalue weighted by atomic mass is 79.9. The summed E-state index contributed by atoms with van der Waals surface area (Å²) in [6.07, 6.45) is 1.21. The first kappa shape index (κ1) is 31.2. The molecule has 2 heterocycles. The van der Waals surface area contributed by atoms with E-state index in [2.05, 4.69) is 26.6 Å². The molecule has 1 aliphatic rings. The summed E-state index contributed by atoms with van der Waals surface area (Å²) in [5, 5.41) is 5.77. The summed E-state index contributed by atoms with van der Waals surface area (Å²) in [6.45, 7) is 4.03. The molecule has 13 heteroatoms. The van der Waals surface area contributed by atoms with Crippen molar-refractivity contribution in [2.75, 3.05) is 30.9 Å². The van der Waals surface area contributed by atoms with Crippen molar-refractivity contribution in [2.24, 2.45) is 5.92 Å². The number of nitrogens with one attached hydrogen (secondary N) is 2. The second kappa shape index (κ2) is 13.5. The molecule has 42 heavy (non-hydrogen) atoms. The fourth-order valence-electron chi connectivity index (χ4n) is 4.35. The molecule has 222 valence electrons. The average Bonchev–Trinajstić information content (AvgIpc) is 3.40. The molecule has 0 saturated carbocycles. The number of halogens is 3. The Morgan fingerprint density at radius 1 is 1.12 bits per heavy atom. The Bertz CT molecular complexity index is 1550. The van der Waals surface area contributed by atoms with Crippen LogP contribution in [0, 0.1) is 11.7 Å². The first-order valence-electron chi connectivity index (χ1n) is 13.0. The Hall–Kier alpha value is -3.74. The van der Waals surface area contributed by atoms with Gasteiger partial charge in [0.2, 0.25) is 5.91 Å². The lowest BCUT2D eigenvalue weighted by atomic mass is 10.1. The van der Waals surface area contributed by atoms with Crippen LogP contribution in [0.2, 0.25) is 5.02 Å². The molecule has 2 unspecified atom stereocenters. The number of hydrogen-bond donors (Lipinski definition) is 2. The van der Waals surface area contributed by atoms with Crippen LogP contribution < -0.4 is 16.2 Å². The molecule has 1 fully saturated rings. The molecule has 2 N–H and O–H groups in total. The van der Waals surface area contributed by atoms with Gasteiger partial charge in [-0.3, -0.25) is 14.2 Å². The van der Waals surface area contributed by atoms with Crippen LogP contribution >= 0.6 is 27.5 Å². The Kier molecular flexibility index (Phi) is 10.0. The highest BCUT2D eigenvalue weighted by Gasteiger charge is 2.40. The van der Waals surface area contributed by atoms with E-state index in [1.54, 1.807) is 24.3 Å². The number of benzene rings is 2. The number of amides is 3. The fraction of sp³-hybridized carbons (Fsp3) is 0.310. The molecule has 0 aliphatic carbocycles. The van der Waals surface area contributed by atoms with Crippen molar-refractivity contribution in [1.82, 2.24) is 9.47 Å². The number of likely N-dealkylation sites (tertiary alicyclic amines) is 1. The number of esters is 1. The predicted molar refractivity (Wildman–Crippen MR) is 160 cm³/mol. The van der Waals surface area contributed by atoms with E-state index in [-0.39, 0.29) is 42.4 Å². The second-order valence-corrected chi connectivity index (χ2v) is 11.4. The molecule has 3 aromatic rings. The van der Waals surface area contributed by atoms with Crippen molar-refractivity contribution in [3.05, 3.63) is 86.0 Å². The van der Waals surface area contributed by atoms with Crippen LogP contribution in [-0.2, 0) is 14.3 Å². The van der Waals surface area contributed by atoms with E-state index < -0.39 is 41.4 Å². The van der Waals surface area contributed by atoms with E-state index in [4.69, 9.17) is 21.1 Å². The normalized spacial score (nSPS) is 16.4. The van der Waals surface area contributed by atoms with Gasteiger partial charge in [-0.25, -0.2) is 14.0 Å². The lowest BCUT2D eigenvalue weighted by molar-refractivity contribution is -0.119. The lowest BCUT2D eigenvalue weighted by Crippen LogP contribution is -2.45. The van der Waals surface area contributed by atoms with Gasteiger partial charge >= 0.3 is 12.0 Å². The van der Waals surface area contributed by atoms with Gasteiger partial charge in [-0.05, 0) is 64.3 Å². The SMILES string of the molecule is COC1CC(C(=O)Nc2ccc(-n3cc(Br)cc(C(=O)OCC(C)C)c3=O)cc2F)N(C(=O)Nc2ccc(Cl)cc2)C1. The first-order valence-corrected chi connectivity index (χ1v) is 14.2. The quantitative estimate of drug-likeness (QED) is 0.309. The molecule has 4 rings (SSSR count). The topological polar surface area (TPSA) is 119 Å². The third-order valence-corrected chi connectivity index (χ3v) is 7.18. The predicted octanol–water partition coefficient (Wildman–Crippen LogP) is 5.47. The van der Waals surface area contributed by atoms with E-state index in [9.17, 15) is 19.2 Å². The second-order valence-electron chi connectivity index (χ2n) is 10.1. The minimum absolute atomic E-state index is 0.0785. The molecule has 1 aliphatic heterocycles. The third kappa shape index (κ3) is 7.36. The molecule has 10 nitrogen and oxygen atoms in total. The average molecular weight is 664 g/mol. The number of carbonyl (C=O) groups is 3. The molecular formula is C29H29BrClFN4O6. The molecule has 1 aromatic heterocycles.